The van der Waals surface area contributed by atoms with Gasteiger partial charge >= 0.3 is 0 Å². The average Bonchev–Trinajstić information content (AvgIpc) is 3.69. The molecule has 6 aromatic carbocycles. The molecular weight excluding hydrogens is 607 g/mol. The predicted octanol–water partition coefficient (Wildman–Crippen LogP) is 12.4. The molecule has 3 nitrogen and oxygen atoms in total. The Labute approximate surface area is 291 Å². The van der Waals surface area contributed by atoms with Crippen molar-refractivity contribution in [3.05, 3.63) is 195 Å². The fourth-order valence-electron chi connectivity index (χ4n) is 7.37. The third-order valence-electron chi connectivity index (χ3n) is 9.65. The number of benzene rings is 6. The first-order chi connectivity index (χ1) is 24.7. The molecular formula is C47H33N3. The number of hydrogen-bond acceptors (Lipinski definition) is 1. The van der Waals surface area contributed by atoms with E-state index in [2.05, 4.69) is 174 Å². The summed E-state index contributed by atoms with van der Waals surface area (Å²) in [6, 6.07) is 56.4. The minimum atomic E-state index is 0.849. The Kier molecular flexibility index (Phi) is 7.10. The van der Waals surface area contributed by atoms with Gasteiger partial charge in [-0.3, -0.25) is 4.57 Å². The summed E-state index contributed by atoms with van der Waals surface area (Å²) in [5.41, 5.74) is 12.1. The maximum absolute atomic E-state index is 5.24. The molecule has 0 unspecified atom stereocenters. The van der Waals surface area contributed by atoms with Gasteiger partial charge in [-0.25, -0.2) is 4.98 Å². The summed E-state index contributed by atoms with van der Waals surface area (Å²) in [6.45, 7) is 8.01. The van der Waals surface area contributed by atoms with Crippen LogP contribution < -0.4 is 0 Å². The van der Waals surface area contributed by atoms with Gasteiger partial charge < -0.3 is 4.57 Å². The van der Waals surface area contributed by atoms with E-state index in [4.69, 9.17) is 4.98 Å². The summed E-state index contributed by atoms with van der Waals surface area (Å²) >= 11 is 0. The highest BCUT2D eigenvalue weighted by atomic mass is 15.1. The van der Waals surface area contributed by atoms with E-state index in [9.17, 15) is 0 Å². The number of allylic oxidation sites excluding steroid dienone is 4. The van der Waals surface area contributed by atoms with Crippen LogP contribution in [0.5, 0.6) is 0 Å². The van der Waals surface area contributed by atoms with Gasteiger partial charge in [0.2, 0.25) is 0 Å². The molecule has 0 radical (unpaired) electrons. The van der Waals surface area contributed by atoms with Gasteiger partial charge in [0.15, 0.2) is 0 Å². The normalized spacial score (nSPS) is 11.9. The van der Waals surface area contributed by atoms with Crippen LogP contribution in [0.15, 0.2) is 189 Å². The second-order valence-electron chi connectivity index (χ2n) is 12.5. The molecule has 9 rings (SSSR count). The molecule has 0 atom stereocenters. The van der Waals surface area contributed by atoms with Crippen molar-refractivity contribution in [1.29, 1.82) is 0 Å². The third kappa shape index (κ3) is 4.79. The quantitative estimate of drug-likeness (QED) is 0.159. The highest BCUT2D eigenvalue weighted by Crippen LogP contribution is 2.38. The van der Waals surface area contributed by atoms with E-state index in [1.165, 1.54) is 43.7 Å². The molecule has 0 saturated carbocycles. The molecule has 236 valence electrons. The molecule has 0 aliphatic carbocycles. The lowest BCUT2D eigenvalue weighted by molar-refractivity contribution is 1.07. The molecule has 0 amide bonds. The zero-order chi connectivity index (χ0) is 33.6. The Balaban J connectivity index is 1.25. The number of rotatable bonds is 7. The zero-order valence-electron chi connectivity index (χ0n) is 27.5. The van der Waals surface area contributed by atoms with Gasteiger partial charge in [0.05, 0.1) is 27.8 Å². The van der Waals surface area contributed by atoms with Crippen molar-refractivity contribution in [2.45, 2.75) is 0 Å². The number of pyridine rings is 1. The smallest absolute Gasteiger partial charge is 0.138 e. The molecule has 0 bridgehead atoms. The molecule has 3 heterocycles. The molecule has 3 aromatic heterocycles. The summed E-state index contributed by atoms with van der Waals surface area (Å²) < 4.78 is 4.65. The molecule has 0 aliphatic rings. The fourth-order valence-corrected chi connectivity index (χ4v) is 7.37. The molecule has 0 aliphatic heterocycles. The first kappa shape index (κ1) is 29.4. The molecule has 3 heteroatoms. The van der Waals surface area contributed by atoms with Crippen molar-refractivity contribution >= 4 is 49.2 Å². The van der Waals surface area contributed by atoms with E-state index in [0.29, 0.717) is 0 Å². The number of nitrogens with zero attached hydrogens (tertiary/aromatic N) is 3. The van der Waals surface area contributed by atoms with Crippen molar-refractivity contribution < 1.29 is 0 Å². The van der Waals surface area contributed by atoms with E-state index in [-0.39, 0.29) is 0 Å². The fraction of sp³-hybridized carbons (Fsp3) is 0. The minimum absolute atomic E-state index is 0.849. The summed E-state index contributed by atoms with van der Waals surface area (Å²) in [7, 11) is 0. The molecule has 0 saturated heterocycles. The van der Waals surface area contributed by atoms with Crippen LogP contribution >= 0.6 is 0 Å². The summed E-state index contributed by atoms with van der Waals surface area (Å²) in [5, 5.41) is 4.86. The van der Waals surface area contributed by atoms with Gasteiger partial charge in [0, 0.05) is 27.2 Å². The van der Waals surface area contributed by atoms with E-state index in [0.717, 1.165) is 44.9 Å². The Hall–Kier alpha value is -6.71. The lowest BCUT2D eigenvalue weighted by atomic mass is 10.0. The molecule has 9 aromatic rings. The highest BCUT2D eigenvalue weighted by Gasteiger charge is 2.18. The van der Waals surface area contributed by atoms with E-state index < -0.39 is 0 Å². The van der Waals surface area contributed by atoms with Crippen LogP contribution in [-0.2, 0) is 0 Å². The first-order valence-electron chi connectivity index (χ1n) is 16.9. The van der Waals surface area contributed by atoms with Crippen molar-refractivity contribution in [3.8, 4) is 33.8 Å². The Morgan fingerprint density at radius 3 is 1.62 bits per heavy atom. The van der Waals surface area contributed by atoms with Gasteiger partial charge in [-0.05, 0) is 88.5 Å². The van der Waals surface area contributed by atoms with Crippen LogP contribution in [0.3, 0.4) is 0 Å². The van der Waals surface area contributed by atoms with E-state index in [1.54, 1.807) is 6.08 Å². The minimum Gasteiger partial charge on any atom is -0.309 e. The summed E-state index contributed by atoms with van der Waals surface area (Å²) in [6.07, 6.45) is 5.58. The third-order valence-corrected chi connectivity index (χ3v) is 9.65. The Morgan fingerprint density at radius 2 is 1.00 bits per heavy atom. The predicted molar refractivity (Wildman–Crippen MR) is 212 cm³/mol. The number of aromatic nitrogens is 3. The molecule has 50 heavy (non-hydrogen) atoms. The molecule has 0 N–H and O–H groups in total. The van der Waals surface area contributed by atoms with Crippen molar-refractivity contribution in [3.63, 3.8) is 0 Å². The average molecular weight is 640 g/mol. The zero-order valence-corrected chi connectivity index (χ0v) is 27.5. The van der Waals surface area contributed by atoms with Crippen molar-refractivity contribution in [2.24, 2.45) is 0 Å². The van der Waals surface area contributed by atoms with Crippen LogP contribution in [0.25, 0.3) is 82.9 Å². The van der Waals surface area contributed by atoms with Gasteiger partial charge in [0.1, 0.15) is 5.82 Å². The maximum Gasteiger partial charge on any atom is 0.138 e. The number of hydrogen-bond donors (Lipinski definition) is 0. The van der Waals surface area contributed by atoms with Gasteiger partial charge in [-0.1, -0.05) is 128 Å². The number of para-hydroxylation sites is 3. The highest BCUT2D eigenvalue weighted by molar-refractivity contribution is 6.12. The first-order valence-corrected chi connectivity index (χ1v) is 16.9. The topological polar surface area (TPSA) is 22.8 Å². The molecule has 0 spiro atoms. The second kappa shape index (κ2) is 12.1. The number of fused-ring (bicyclic) bond motifs is 6. The largest absolute Gasteiger partial charge is 0.309 e. The summed E-state index contributed by atoms with van der Waals surface area (Å²) in [5.74, 6) is 0.854. The van der Waals surface area contributed by atoms with Crippen LogP contribution in [0, 0.1) is 0 Å². The SMILES string of the molecule is C=C/C=C(\C=C)c1cc(-c2ccccc2)cc(-n2c3ccccc3c3cc(-c4ccc5c(c4)c4ccccc4n5-c4ccccc4)ccc32)n1. The lowest BCUT2D eigenvalue weighted by Crippen LogP contribution is -2.01. The Morgan fingerprint density at radius 1 is 0.460 bits per heavy atom. The van der Waals surface area contributed by atoms with Gasteiger partial charge in [-0.15, -0.1) is 0 Å². The van der Waals surface area contributed by atoms with Crippen molar-refractivity contribution in [1.82, 2.24) is 14.1 Å². The standard InChI is InChI=1S/C47H33N3/c1-3-15-32(4-2)42-30-36(33-16-7-5-8-17-33)31-47(48-42)50-44-23-14-12-21-39(44)41-29-35(25-27-46(41)50)34-24-26-45-40(28-34)38-20-11-13-22-43(38)49(45)37-18-9-6-10-19-37/h3-31H,1-2H2/b32-15+. The van der Waals surface area contributed by atoms with Crippen LogP contribution in [0.4, 0.5) is 0 Å². The van der Waals surface area contributed by atoms with Crippen LogP contribution in [0.2, 0.25) is 0 Å². The van der Waals surface area contributed by atoms with Crippen LogP contribution in [0.1, 0.15) is 5.69 Å². The van der Waals surface area contributed by atoms with Gasteiger partial charge in [-0.2, -0.15) is 0 Å². The van der Waals surface area contributed by atoms with Gasteiger partial charge in [0.25, 0.3) is 0 Å². The summed E-state index contributed by atoms with van der Waals surface area (Å²) in [4.78, 5) is 5.24. The van der Waals surface area contributed by atoms with E-state index >= 15 is 0 Å². The Bertz CT molecular complexity index is 2780. The maximum atomic E-state index is 5.24. The monoisotopic (exact) mass is 639 g/mol. The van der Waals surface area contributed by atoms with Crippen molar-refractivity contribution in [2.75, 3.05) is 0 Å². The van der Waals surface area contributed by atoms with Crippen LogP contribution in [-0.4, -0.2) is 14.1 Å². The molecule has 0 fully saturated rings. The van der Waals surface area contributed by atoms with E-state index in [1.807, 2.05) is 18.2 Å². The lowest BCUT2D eigenvalue weighted by Gasteiger charge is -2.13. The second-order valence-corrected chi connectivity index (χ2v) is 12.5.